The van der Waals surface area contributed by atoms with Crippen molar-refractivity contribution in [3.8, 4) is 0 Å². The van der Waals surface area contributed by atoms with Crippen LogP contribution >= 0.6 is 0 Å². The molecule has 2 rings (SSSR count). The molecule has 2 fully saturated rings. The van der Waals surface area contributed by atoms with Gasteiger partial charge in [0.15, 0.2) is 0 Å². The van der Waals surface area contributed by atoms with Crippen LogP contribution in [0.25, 0.3) is 0 Å². The molecule has 0 aromatic carbocycles. The van der Waals surface area contributed by atoms with Gasteiger partial charge in [0.05, 0.1) is 19.3 Å². The van der Waals surface area contributed by atoms with Gasteiger partial charge in [0, 0.05) is 14.2 Å². The first-order chi connectivity index (χ1) is 7.23. The van der Waals surface area contributed by atoms with Crippen molar-refractivity contribution in [2.24, 2.45) is 0 Å². The molecule has 2 aliphatic heterocycles. The molecule has 0 saturated carbocycles. The first kappa shape index (κ1) is 11.3. The van der Waals surface area contributed by atoms with Crippen molar-refractivity contribution >= 4 is 0 Å². The van der Waals surface area contributed by atoms with Crippen molar-refractivity contribution in [3.63, 3.8) is 0 Å². The highest BCUT2D eigenvalue weighted by Crippen LogP contribution is 2.37. The lowest BCUT2D eigenvalue weighted by Crippen LogP contribution is -2.50. The topological polar surface area (TPSA) is 46.2 Å². The molecule has 2 unspecified atom stereocenters. The largest absolute Gasteiger partial charge is 0.381 e. The Balaban J connectivity index is 2.23. The predicted octanol–water partition coefficient (Wildman–Crippen LogP) is 0.178. The van der Waals surface area contributed by atoms with Crippen molar-refractivity contribution in [2.45, 2.75) is 30.8 Å². The maximum Gasteiger partial charge on any atom is 0.147 e. The van der Waals surface area contributed by atoms with Gasteiger partial charge < -0.3 is 23.7 Å². The van der Waals surface area contributed by atoms with Crippen LogP contribution in [0.4, 0.5) is 0 Å². The molecule has 0 radical (unpaired) electrons. The van der Waals surface area contributed by atoms with Crippen molar-refractivity contribution in [2.75, 3.05) is 34.2 Å². The Morgan fingerprint density at radius 2 is 2.20 bits per heavy atom. The second kappa shape index (κ2) is 4.35. The van der Waals surface area contributed by atoms with Gasteiger partial charge in [-0.1, -0.05) is 0 Å². The fraction of sp³-hybridized carbons (Fsp3) is 1.00. The van der Waals surface area contributed by atoms with E-state index in [1.807, 2.05) is 6.92 Å². The smallest absolute Gasteiger partial charge is 0.147 e. The van der Waals surface area contributed by atoms with Crippen LogP contribution in [0.5, 0.6) is 0 Å². The van der Waals surface area contributed by atoms with Crippen LogP contribution in [-0.2, 0) is 23.7 Å². The second-order valence-corrected chi connectivity index (χ2v) is 4.07. The molecule has 5 nitrogen and oxygen atoms in total. The van der Waals surface area contributed by atoms with Gasteiger partial charge in [-0.15, -0.1) is 0 Å². The fourth-order valence-corrected chi connectivity index (χ4v) is 2.48. The van der Waals surface area contributed by atoms with Crippen LogP contribution < -0.4 is 0 Å². The van der Waals surface area contributed by atoms with E-state index < -0.39 is 5.60 Å². The van der Waals surface area contributed by atoms with Crippen LogP contribution in [-0.4, -0.2) is 58.1 Å². The molecule has 2 saturated heterocycles. The summed E-state index contributed by atoms with van der Waals surface area (Å²) in [5, 5.41) is 0. The lowest BCUT2D eigenvalue weighted by Gasteiger charge is -2.31. The molecule has 2 bridgehead atoms. The average molecular weight is 218 g/mol. The van der Waals surface area contributed by atoms with Gasteiger partial charge in [0.25, 0.3) is 0 Å². The zero-order chi connectivity index (χ0) is 10.9. The monoisotopic (exact) mass is 218 g/mol. The number of methoxy groups -OCH3 is 2. The fourth-order valence-electron chi connectivity index (χ4n) is 2.48. The van der Waals surface area contributed by atoms with Crippen molar-refractivity contribution < 1.29 is 23.7 Å². The summed E-state index contributed by atoms with van der Waals surface area (Å²) in [7, 11) is 3.31. The van der Waals surface area contributed by atoms with E-state index in [4.69, 9.17) is 23.7 Å². The summed E-state index contributed by atoms with van der Waals surface area (Å²) >= 11 is 0. The Kier molecular flexibility index (Phi) is 3.27. The van der Waals surface area contributed by atoms with E-state index >= 15 is 0 Å². The van der Waals surface area contributed by atoms with Crippen LogP contribution in [0.15, 0.2) is 0 Å². The lowest BCUT2D eigenvalue weighted by atomic mass is 9.96. The Hall–Kier alpha value is -0.200. The maximum absolute atomic E-state index is 5.90. The lowest BCUT2D eigenvalue weighted by molar-refractivity contribution is -0.179. The van der Waals surface area contributed by atoms with Gasteiger partial charge in [-0.3, -0.25) is 0 Å². The molecule has 0 amide bonds. The molecule has 15 heavy (non-hydrogen) atoms. The minimum Gasteiger partial charge on any atom is -0.381 e. The normalized spacial score (nSPS) is 45.4. The molecular weight excluding hydrogens is 200 g/mol. The summed E-state index contributed by atoms with van der Waals surface area (Å²) in [5.41, 5.74) is -0.524. The number of hydrogen-bond acceptors (Lipinski definition) is 5. The van der Waals surface area contributed by atoms with Gasteiger partial charge in [-0.05, 0) is 6.92 Å². The van der Waals surface area contributed by atoms with E-state index in [9.17, 15) is 0 Å². The minimum atomic E-state index is -0.524. The van der Waals surface area contributed by atoms with Crippen LogP contribution in [0, 0.1) is 0 Å². The van der Waals surface area contributed by atoms with Gasteiger partial charge in [-0.25, -0.2) is 0 Å². The third-order valence-electron chi connectivity index (χ3n) is 3.03. The molecule has 0 aliphatic carbocycles. The van der Waals surface area contributed by atoms with Gasteiger partial charge in [0.1, 0.15) is 24.6 Å². The van der Waals surface area contributed by atoms with Gasteiger partial charge >= 0.3 is 0 Å². The molecule has 2 aliphatic rings. The summed E-state index contributed by atoms with van der Waals surface area (Å²) in [5.74, 6) is 0. The van der Waals surface area contributed by atoms with E-state index in [2.05, 4.69) is 0 Å². The van der Waals surface area contributed by atoms with Crippen LogP contribution in [0.2, 0.25) is 0 Å². The third kappa shape index (κ3) is 1.79. The zero-order valence-electron chi connectivity index (χ0n) is 9.39. The van der Waals surface area contributed by atoms with E-state index in [0.717, 1.165) is 0 Å². The molecule has 2 heterocycles. The van der Waals surface area contributed by atoms with Crippen LogP contribution in [0.1, 0.15) is 6.92 Å². The first-order valence-corrected chi connectivity index (χ1v) is 5.12. The van der Waals surface area contributed by atoms with Crippen molar-refractivity contribution in [1.82, 2.24) is 0 Å². The quantitative estimate of drug-likeness (QED) is 0.676. The first-order valence-electron chi connectivity index (χ1n) is 5.12. The maximum atomic E-state index is 5.90. The summed E-state index contributed by atoms with van der Waals surface area (Å²) in [6.07, 6.45) is -0.198. The number of ether oxygens (including phenoxy) is 5. The van der Waals surface area contributed by atoms with E-state index in [0.29, 0.717) is 20.0 Å². The number of hydrogen-bond donors (Lipinski definition) is 0. The SMILES string of the molecule is COC[C@]12COCOC(C1OC)[C@H](C)O2. The molecule has 0 spiro atoms. The Labute approximate surface area is 89.6 Å². The van der Waals surface area contributed by atoms with E-state index in [1.165, 1.54) is 0 Å². The van der Waals surface area contributed by atoms with Crippen LogP contribution in [0.3, 0.4) is 0 Å². The standard InChI is InChI=1S/C10H18O5/c1-7-8-9(12-3)10(15-7,4-11-2)5-13-6-14-8/h7-9H,4-6H2,1-3H3/t7-,8?,9?,10-/m0/s1. The second-order valence-electron chi connectivity index (χ2n) is 4.07. The van der Waals surface area contributed by atoms with Crippen molar-refractivity contribution in [3.05, 3.63) is 0 Å². The van der Waals surface area contributed by atoms with Gasteiger partial charge in [0.2, 0.25) is 0 Å². The summed E-state index contributed by atoms with van der Waals surface area (Å²) in [6, 6.07) is 0. The zero-order valence-corrected chi connectivity index (χ0v) is 9.39. The summed E-state index contributed by atoms with van der Waals surface area (Å²) in [6.45, 7) is 3.18. The highest BCUT2D eigenvalue weighted by atomic mass is 16.7. The highest BCUT2D eigenvalue weighted by molar-refractivity contribution is 5.03. The molecule has 5 heteroatoms. The molecular formula is C10H18O5. The summed E-state index contributed by atoms with van der Waals surface area (Å²) < 4.78 is 27.5. The molecule has 0 aromatic rings. The number of rotatable bonds is 3. The Morgan fingerprint density at radius 1 is 1.40 bits per heavy atom. The third-order valence-corrected chi connectivity index (χ3v) is 3.03. The minimum absolute atomic E-state index is 0.00833. The molecule has 4 atom stereocenters. The molecule has 0 aromatic heterocycles. The van der Waals surface area contributed by atoms with Crippen molar-refractivity contribution in [1.29, 1.82) is 0 Å². The Morgan fingerprint density at radius 3 is 2.87 bits per heavy atom. The van der Waals surface area contributed by atoms with E-state index in [-0.39, 0.29) is 18.3 Å². The van der Waals surface area contributed by atoms with Gasteiger partial charge in [-0.2, -0.15) is 0 Å². The predicted molar refractivity (Wildman–Crippen MR) is 51.6 cm³/mol. The Bertz CT molecular complexity index is 222. The van der Waals surface area contributed by atoms with E-state index in [1.54, 1.807) is 14.2 Å². The molecule has 88 valence electrons. The molecule has 0 N–H and O–H groups in total. The average Bonchev–Trinajstić information content (AvgIpc) is 2.35. The number of fused-ring (bicyclic) bond motifs is 2. The summed E-state index contributed by atoms with van der Waals surface area (Å²) in [4.78, 5) is 0. The highest BCUT2D eigenvalue weighted by Gasteiger charge is 2.56.